The van der Waals surface area contributed by atoms with Gasteiger partial charge in [-0.15, -0.1) is 0 Å². The first-order valence-electron chi connectivity index (χ1n) is 6.53. The van der Waals surface area contributed by atoms with E-state index < -0.39 is 0 Å². The number of nitrogens with two attached hydrogens (primary N) is 1. The zero-order valence-electron chi connectivity index (χ0n) is 10.1. The second-order valence-corrected chi connectivity index (χ2v) is 6.22. The highest BCUT2D eigenvalue weighted by molar-refractivity contribution is 9.10. The number of anilines is 1. The van der Waals surface area contributed by atoms with Gasteiger partial charge in [0, 0.05) is 23.1 Å². The lowest BCUT2D eigenvalue weighted by Crippen LogP contribution is -2.29. The maximum atomic E-state index is 6.23. The van der Waals surface area contributed by atoms with E-state index in [4.69, 9.17) is 5.73 Å². The molecule has 1 aromatic rings. The van der Waals surface area contributed by atoms with Crippen molar-refractivity contribution in [3.8, 4) is 0 Å². The number of hydrogen-bond acceptors (Lipinski definition) is 2. The number of halogens is 1. The Labute approximate surface area is 111 Å². The molecule has 0 radical (unpaired) electrons. The predicted octanol–water partition coefficient (Wildman–Crippen LogP) is 3.39. The highest BCUT2D eigenvalue weighted by Gasteiger charge is 2.40. The molecule has 2 aliphatic rings. The van der Waals surface area contributed by atoms with Crippen LogP contribution in [0.15, 0.2) is 22.7 Å². The number of benzene rings is 1. The molecular weight excluding hydrogens is 276 g/mol. The van der Waals surface area contributed by atoms with E-state index in [1.165, 1.54) is 48.1 Å². The fourth-order valence-electron chi connectivity index (χ4n) is 2.63. The van der Waals surface area contributed by atoms with Gasteiger partial charge in [0.2, 0.25) is 0 Å². The van der Waals surface area contributed by atoms with Crippen LogP contribution in [0.25, 0.3) is 0 Å². The van der Waals surface area contributed by atoms with E-state index in [1.807, 2.05) is 0 Å². The van der Waals surface area contributed by atoms with Crippen LogP contribution in [0.5, 0.6) is 0 Å². The van der Waals surface area contributed by atoms with E-state index in [1.54, 1.807) is 0 Å². The van der Waals surface area contributed by atoms with E-state index in [2.05, 4.69) is 39.0 Å². The van der Waals surface area contributed by atoms with Gasteiger partial charge in [-0.05, 0) is 65.7 Å². The van der Waals surface area contributed by atoms with Crippen LogP contribution in [0.3, 0.4) is 0 Å². The van der Waals surface area contributed by atoms with Gasteiger partial charge >= 0.3 is 0 Å². The van der Waals surface area contributed by atoms with Crippen LogP contribution in [0.2, 0.25) is 0 Å². The zero-order chi connectivity index (χ0) is 11.9. The van der Waals surface area contributed by atoms with Crippen molar-refractivity contribution in [1.29, 1.82) is 0 Å². The molecule has 1 saturated carbocycles. The summed E-state index contributed by atoms with van der Waals surface area (Å²) in [5.41, 5.74) is 8.82. The maximum absolute atomic E-state index is 6.23. The Kier molecular flexibility index (Phi) is 2.91. The highest BCUT2D eigenvalue weighted by Crippen LogP contribution is 2.44. The topological polar surface area (TPSA) is 29.3 Å². The third kappa shape index (κ3) is 2.23. The summed E-state index contributed by atoms with van der Waals surface area (Å²) in [7, 11) is 0. The molecule has 2 fully saturated rings. The Morgan fingerprint density at radius 3 is 2.41 bits per heavy atom. The Hall–Kier alpha value is -0.540. The van der Waals surface area contributed by atoms with Gasteiger partial charge in [0.1, 0.15) is 0 Å². The van der Waals surface area contributed by atoms with Crippen LogP contribution in [-0.2, 0) is 5.54 Å². The monoisotopic (exact) mass is 294 g/mol. The van der Waals surface area contributed by atoms with Crippen molar-refractivity contribution >= 4 is 21.6 Å². The number of piperidine rings is 1. The fourth-order valence-corrected chi connectivity index (χ4v) is 3.26. The Morgan fingerprint density at radius 1 is 1.12 bits per heavy atom. The lowest BCUT2D eigenvalue weighted by Gasteiger charge is -2.30. The normalized spacial score (nSPS) is 22.6. The maximum Gasteiger partial charge on any atom is 0.0510 e. The van der Waals surface area contributed by atoms with Crippen LogP contribution in [-0.4, -0.2) is 13.1 Å². The summed E-state index contributed by atoms with van der Waals surface area (Å²) in [6, 6.07) is 6.66. The van der Waals surface area contributed by atoms with Gasteiger partial charge < -0.3 is 10.6 Å². The lowest BCUT2D eigenvalue weighted by molar-refractivity contribution is 0.577. The summed E-state index contributed by atoms with van der Waals surface area (Å²) in [5.74, 6) is 0. The lowest BCUT2D eigenvalue weighted by atomic mass is 10.0. The molecule has 1 saturated heterocycles. The van der Waals surface area contributed by atoms with Crippen molar-refractivity contribution in [1.82, 2.24) is 0 Å². The van der Waals surface area contributed by atoms with Gasteiger partial charge in [-0.1, -0.05) is 6.07 Å². The average Bonchev–Trinajstić information content (AvgIpc) is 3.10. The predicted molar refractivity (Wildman–Crippen MR) is 75.3 cm³/mol. The number of hydrogen-bond donors (Lipinski definition) is 1. The molecule has 0 spiro atoms. The minimum absolute atomic E-state index is 0.0249. The first-order valence-corrected chi connectivity index (χ1v) is 7.32. The van der Waals surface area contributed by atoms with Gasteiger partial charge in [0.25, 0.3) is 0 Å². The first-order chi connectivity index (χ1) is 8.19. The molecule has 3 heteroatoms. The molecule has 0 atom stereocenters. The van der Waals surface area contributed by atoms with E-state index in [9.17, 15) is 0 Å². The molecular formula is C14H19BrN2. The third-order valence-corrected chi connectivity index (χ3v) is 4.64. The number of nitrogens with zero attached hydrogens (tertiary/aromatic N) is 1. The van der Waals surface area contributed by atoms with E-state index in [-0.39, 0.29) is 5.54 Å². The molecule has 2 N–H and O–H groups in total. The van der Waals surface area contributed by atoms with Gasteiger partial charge in [0.15, 0.2) is 0 Å². The molecule has 2 nitrogen and oxygen atoms in total. The molecule has 1 aliphatic heterocycles. The van der Waals surface area contributed by atoms with Crippen molar-refractivity contribution in [2.45, 2.75) is 37.6 Å². The molecule has 0 bridgehead atoms. The van der Waals surface area contributed by atoms with Crippen molar-refractivity contribution in [3.05, 3.63) is 28.2 Å². The second kappa shape index (κ2) is 4.29. The van der Waals surface area contributed by atoms with Gasteiger partial charge in [-0.3, -0.25) is 0 Å². The van der Waals surface area contributed by atoms with Gasteiger partial charge in [-0.2, -0.15) is 0 Å². The quantitative estimate of drug-likeness (QED) is 0.906. The largest absolute Gasteiger partial charge is 0.371 e. The molecule has 92 valence electrons. The SMILES string of the molecule is NC1(c2ccc(N3CCCCC3)c(Br)c2)CC1. The molecule has 1 aliphatic carbocycles. The Balaban J connectivity index is 1.85. The summed E-state index contributed by atoms with van der Waals surface area (Å²) in [5, 5.41) is 0. The van der Waals surface area contributed by atoms with Gasteiger partial charge in [-0.25, -0.2) is 0 Å². The Morgan fingerprint density at radius 2 is 1.82 bits per heavy atom. The van der Waals surface area contributed by atoms with Crippen LogP contribution < -0.4 is 10.6 Å². The summed E-state index contributed by atoms with van der Waals surface area (Å²) < 4.78 is 1.20. The van der Waals surface area contributed by atoms with Crippen LogP contribution in [0.1, 0.15) is 37.7 Å². The first kappa shape index (κ1) is 11.5. The number of rotatable bonds is 2. The summed E-state index contributed by atoms with van der Waals surface area (Å²) in [6.45, 7) is 2.37. The van der Waals surface area contributed by atoms with Crippen molar-refractivity contribution in [2.75, 3.05) is 18.0 Å². The molecule has 3 rings (SSSR count). The summed E-state index contributed by atoms with van der Waals surface area (Å²) in [6.07, 6.45) is 6.26. The van der Waals surface area contributed by atoms with Crippen LogP contribution >= 0.6 is 15.9 Å². The standard InChI is InChI=1S/C14H19BrN2/c15-12-10-11(14(16)6-7-14)4-5-13(12)17-8-2-1-3-9-17/h4-5,10H,1-3,6-9,16H2. The molecule has 1 aromatic carbocycles. The van der Waals surface area contributed by atoms with Crippen molar-refractivity contribution < 1.29 is 0 Å². The second-order valence-electron chi connectivity index (χ2n) is 5.37. The van der Waals surface area contributed by atoms with E-state index >= 15 is 0 Å². The zero-order valence-corrected chi connectivity index (χ0v) is 11.7. The van der Waals surface area contributed by atoms with Gasteiger partial charge in [0.05, 0.1) is 5.69 Å². The van der Waals surface area contributed by atoms with E-state index in [0.717, 1.165) is 12.8 Å². The highest BCUT2D eigenvalue weighted by atomic mass is 79.9. The molecule has 0 amide bonds. The summed E-state index contributed by atoms with van der Waals surface area (Å²) in [4.78, 5) is 2.48. The minimum atomic E-state index is -0.0249. The van der Waals surface area contributed by atoms with Crippen molar-refractivity contribution in [3.63, 3.8) is 0 Å². The van der Waals surface area contributed by atoms with Crippen LogP contribution in [0.4, 0.5) is 5.69 Å². The van der Waals surface area contributed by atoms with Crippen molar-refractivity contribution in [2.24, 2.45) is 5.73 Å². The average molecular weight is 295 g/mol. The molecule has 17 heavy (non-hydrogen) atoms. The summed E-state index contributed by atoms with van der Waals surface area (Å²) >= 11 is 3.71. The fraction of sp³-hybridized carbons (Fsp3) is 0.571. The van der Waals surface area contributed by atoms with Crippen LogP contribution in [0, 0.1) is 0 Å². The Bertz CT molecular complexity index is 420. The molecule has 1 heterocycles. The minimum Gasteiger partial charge on any atom is -0.371 e. The van der Waals surface area contributed by atoms with E-state index in [0.29, 0.717) is 0 Å². The molecule has 0 aromatic heterocycles. The smallest absolute Gasteiger partial charge is 0.0510 e. The molecule has 0 unspecified atom stereocenters. The third-order valence-electron chi connectivity index (χ3n) is 4.01.